The number of rotatable bonds is 10. The van der Waals surface area contributed by atoms with Crippen molar-refractivity contribution in [1.82, 2.24) is 0 Å². The van der Waals surface area contributed by atoms with E-state index in [0.29, 0.717) is 5.57 Å². The minimum Gasteiger partial charge on any atom is -0.478 e. The fourth-order valence-electron chi connectivity index (χ4n) is 3.12. The number of carbonyl (C=O) groups is 1. The summed E-state index contributed by atoms with van der Waals surface area (Å²) in [6.45, 7) is 2.23. The number of hydrogen-bond donors (Lipinski definition) is 1. The molecule has 0 aromatic heterocycles. The molecule has 0 heterocycles. The molecule has 24 heavy (non-hydrogen) atoms. The van der Waals surface area contributed by atoms with Crippen molar-refractivity contribution in [3.63, 3.8) is 0 Å². The van der Waals surface area contributed by atoms with Crippen LogP contribution in [0.15, 0.2) is 48.5 Å². The number of carboxylic acid groups (broad SMARTS) is 1. The number of unbranched alkanes of at least 4 members (excludes halogenated alkanes) is 7. The fourth-order valence-corrected chi connectivity index (χ4v) is 3.12. The van der Waals surface area contributed by atoms with Crippen LogP contribution in [0.5, 0.6) is 0 Å². The van der Waals surface area contributed by atoms with Crippen LogP contribution >= 0.6 is 0 Å². The zero-order valence-corrected chi connectivity index (χ0v) is 14.6. The largest absolute Gasteiger partial charge is 0.478 e. The van der Waals surface area contributed by atoms with E-state index in [9.17, 15) is 9.90 Å². The van der Waals surface area contributed by atoms with Crippen LogP contribution in [0.3, 0.4) is 0 Å². The van der Waals surface area contributed by atoms with Crippen LogP contribution in [0.4, 0.5) is 0 Å². The van der Waals surface area contributed by atoms with Gasteiger partial charge in [-0.15, -0.1) is 0 Å². The van der Waals surface area contributed by atoms with Crippen LogP contribution < -0.4 is 0 Å². The quantitative estimate of drug-likeness (QED) is 0.403. The number of hydrogen-bond acceptors (Lipinski definition) is 1. The van der Waals surface area contributed by atoms with Gasteiger partial charge in [0.15, 0.2) is 0 Å². The van der Waals surface area contributed by atoms with Crippen LogP contribution in [-0.2, 0) is 4.79 Å². The van der Waals surface area contributed by atoms with Crippen LogP contribution in [0.2, 0.25) is 0 Å². The molecule has 0 bridgehead atoms. The summed E-state index contributed by atoms with van der Waals surface area (Å²) in [7, 11) is 0. The van der Waals surface area contributed by atoms with E-state index in [2.05, 4.69) is 6.92 Å². The van der Waals surface area contributed by atoms with Gasteiger partial charge in [0.1, 0.15) is 0 Å². The molecule has 2 rings (SSSR count). The van der Waals surface area contributed by atoms with Crippen molar-refractivity contribution in [3.8, 4) is 0 Å². The second kappa shape index (κ2) is 9.92. The first-order valence-corrected chi connectivity index (χ1v) is 9.15. The minimum atomic E-state index is -0.839. The molecule has 0 atom stereocenters. The molecule has 0 spiro atoms. The summed E-state index contributed by atoms with van der Waals surface area (Å²) >= 11 is 0. The molecule has 0 aliphatic rings. The molecule has 2 heteroatoms. The van der Waals surface area contributed by atoms with Gasteiger partial charge >= 0.3 is 5.97 Å². The van der Waals surface area contributed by atoms with Gasteiger partial charge in [-0.1, -0.05) is 94.0 Å². The highest BCUT2D eigenvalue weighted by Crippen LogP contribution is 2.26. The minimum absolute atomic E-state index is 0.429. The van der Waals surface area contributed by atoms with Gasteiger partial charge in [0, 0.05) is 0 Å². The Morgan fingerprint density at radius 1 is 0.917 bits per heavy atom. The van der Waals surface area contributed by atoms with Crippen molar-refractivity contribution in [2.24, 2.45) is 0 Å². The van der Waals surface area contributed by atoms with E-state index in [1.54, 1.807) is 0 Å². The lowest BCUT2D eigenvalue weighted by molar-refractivity contribution is -0.130. The molecule has 1 N–H and O–H groups in total. The normalized spacial score (nSPS) is 11.8. The molecule has 0 saturated heterocycles. The van der Waals surface area contributed by atoms with Crippen molar-refractivity contribution in [1.29, 1.82) is 0 Å². The zero-order chi connectivity index (χ0) is 17.2. The Balaban J connectivity index is 2.00. The standard InChI is InChI=1S/C22H28O2/c1-2-3-4-5-6-7-8-9-16-21(22(23)24)20-17-12-14-18-13-10-11-15-19(18)20/h10-17H,2-9H2,1H3,(H,23,24). The van der Waals surface area contributed by atoms with Crippen LogP contribution in [0, 0.1) is 0 Å². The second-order valence-electron chi connectivity index (χ2n) is 6.36. The molecule has 0 unspecified atom stereocenters. The predicted molar refractivity (Wildman–Crippen MR) is 102 cm³/mol. The number of fused-ring (bicyclic) bond motifs is 1. The van der Waals surface area contributed by atoms with Gasteiger partial charge in [0.2, 0.25) is 0 Å². The van der Waals surface area contributed by atoms with Crippen LogP contribution in [-0.4, -0.2) is 11.1 Å². The molecule has 0 fully saturated rings. The average molecular weight is 324 g/mol. The first kappa shape index (κ1) is 18.3. The third-order valence-electron chi connectivity index (χ3n) is 4.47. The van der Waals surface area contributed by atoms with Crippen LogP contribution in [0.1, 0.15) is 63.9 Å². The summed E-state index contributed by atoms with van der Waals surface area (Å²) in [5, 5.41) is 11.7. The third-order valence-corrected chi connectivity index (χ3v) is 4.47. The summed E-state index contributed by atoms with van der Waals surface area (Å²) in [5.41, 5.74) is 1.25. The lowest BCUT2D eigenvalue weighted by atomic mass is 9.97. The monoisotopic (exact) mass is 324 g/mol. The average Bonchev–Trinajstić information content (AvgIpc) is 2.60. The first-order valence-electron chi connectivity index (χ1n) is 9.15. The molecule has 2 aromatic carbocycles. The Bertz CT molecular complexity index is 680. The van der Waals surface area contributed by atoms with E-state index in [0.717, 1.165) is 29.2 Å². The molecule has 0 aliphatic heterocycles. The summed E-state index contributed by atoms with van der Waals surface area (Å²) in [6, 6.07) is 13.8. The molecule has 0 saturated carbocycles. The van der Waals surface area contributed by atoms with E-state index in [4.69, 9.17) is 0 Å². The lowest BCUT2D eigenvalue weighted by Gasteiger charge is -2.08. The van der Waals surface area contributed by atoms with Gasteiger partial charge in [-0.25, -0.2) is 4.79 Å². The number of benzene rings is 2. The highest BCUT2D eigenvalue weighted by atomic mass is 16.4. The Labute approximate surface area is 145 Å². The smallest absolute Gasteiger partial charge is 0.335 e. The molecular formula is C22H28O2. The van der Waals surface area contributed by atoms with Crippen molar-refractivity contribution in [3.05, 3.63) is 54.1 Å². The van der Waals surface area contributed by atoms with Gasteiger partial charge in [0.25, 0.3) is 0 Å². The van der Waals surface area contributed by atoms with Gasteiger partial charge < -0.3 is 5.11 Å². The highest BCUT2D eigenvalue weighted by Gasteiger charge is 2.12. The Hall–Kier alpha value is -2.09. The summed E-state index contributed by atoms with van der Waals surface area (Å²) in [6.07, 6.45) is 11.4. The van der Waals surface area contributed by atoms with Gasteiger partial charge in [-0.2, -0.15) is 0 Å². The Morgan fingerprint density at radius 3 is 2.33 bits per heavy atom. The third kappa shape index (κ3) is 5.23. The number of aliphatic carboxylic acids is 1. The molecular weight excluding hydrogens is 296 g/mol. The summed E-state index contributed by atoms with van der Waals surface area (Å²) < 4.78 is 0. The summed E-state index contributed by atoms with van der Waals surface area (Å²) in [5.74, 6) is -0.839. The Kier molecular flexibility index (Phi) is 7.54. The first-order chi connectivity index (χ1) is 11.7. The summed E-state index contributed by atoms with van der Waals surface area (Å²) in [4.78, 5) is 11.7. The topological polar surface area (TPSA) is 37.3 Å². The second-order valence-corrected chi connectivity index (χ2v) is 6.36. The predicted octanol–water partition coefficient (Wildman–Crippen LogP) is 6.45. The maximum Gasteiger partial charge on any atom is 0.335 e. The zero-order valence-electron chi connectivity index (χ0n) is 14.6. The van der Waals surface area contributed by atoms with E-state index in [1.165, 1.54) is 38.5 Å². The maximum atomic E-state index is 11.7. The van der Waals surface area contributed by atoms with Gasteiger partial charge in [-0.3, -0.25) is 0 Å². The van der Waals surface area contributed by atoms with E-state index < -0.39 is 5.97 Å². The SMILES string of the molecule is CCCCCCCCCC=C(C(=O)O)c1cccc2ccccc12. The number of allylic oxidation sites excluding steroid dienone is 1. The lowest BCUT2D eigenvalue weighted by Crippen LogP contribution is -2.00. The molecule has 128 valence electrons. The number of carboxylic acids is 1. The maximum absolute atomic E-state index is 11.7. The molecule has 0 aliphatic carbocycles. The molecule has 2 aromatic rings. The van der Waals surface area contributed by atoms with Gasteiger partial charge in [0.05, 0.1) is 5.57 Å². The van der Waals surface area contributed by atoms with Crippen molar-refractivity contribution >= 4 is 22.3 Å². The van der Waals surface area contributed by atoms with Crippen molar-refractivity contribution in [2.75, 3.05) is 0 Å². The fraction of sp³-hybridized carbons (Fsp3) is 0.409. The molecule has 0 radical (unpaired) electrons. The van der Waals surface area contributed by atoms with E-state index >= 15 is 0 Å². The molecule has 2 nitrogen and oxygen atoms in total. The molecule has 0 amide bonds. The van der Waals surface area contributed by atoms with E-state index in [1.807, 2.05) is 48.5 Å². The van der Waals surface area contributed by atoms with Gasteiger partial charge in [-0.05, 0) is 29.2 Å². The highest BCUT2D eigenvalue weighted by molar-refractivity contribution is 6.19. The van der Waals surface area contributed by atoms with Crippen LogP contribution in [0.25, 0.3) is 16.3 Å². The Morgan fingerprint density at radius 2 is 1.58 bits per heavy atom. The van der Waals surface area contributed by atoms with Crippen molar-refractivity contribution < 1.29 is 9.90 Å². The van der Waals surface area contributed by atoms with Crippen molar-refractivity contribution in [2.45, 2.75) is 58.3 Å². The van der Waals surface area contributed by atoms with E-state index in [-0.39, 0.29) is 0 Å².